The number of rotatable bonds is 8. The number of β-lactam (4-membered cyclic amide) rings is 1. The Morgan fingerprint density at radius 2 is 2.00 bits per heavy atom. The molecule has 132 valence electrons. The molecule has 0 aromatic heterocycles. The van der Waals surface area contributed by atoms with E-state index in [2.05, 4.69) is 0 Å². The van der Waals surface area contributed by atoms with Crippen molar-refractivity contribution < 1.29 is 29.6 Å². The van der Waals surface area contributed by atoms with Gasteiger partial charge in [0.05, 0.1) is 19.1 Å². The summed E-state index contributed by atoms with van der Waals surface area (Å²) in [6.07, 6.45) is 5.11. The van der Waals surface area contributed by atoms with E-state index in [0.717, 1.165) is 17.9 Å². The Morgan fingerprint density at radius 3 is 2.57 bits per heavy atom. The van der Waals surface area contributed by atoms with Gasteiger partial charge in [-0.25, -0.2) is 9.95 Å². The molecule has 23 heavy (non-hydrogen) atoms. The molecule has 1 spiro atoms. The second-order valence-electron chi connectivity index (χ2n) is 6.44. The van der Waals surface area contributed by atoms with Crippen molar-refractivity contribution in [2.24, 2.45) is 5.92 Å². The van der Waals surface area contributed by atoms with Crippen LogP contribution < -0.4 is 0 Å². The molecule has 2 aliphatic rings. The van der Waals surface area contributed by atoms with Crippen LogP contribution in [0.4, 0.5) is 0 Å². The van der Waals surface area contributed by atoms with E-state index in [1.54, 1.807) is 12.2 Å². The molecule has 0 aromatic rings. The number of amides is 1. The molecular weight excluding hydrogens is 302 g/mol. The van der Waals surface area contributed by atoms with Crippen LogP contribution in [-0.2, 0) is 24.3 Å². The average Bonchev–Trinajstić information content (AvgIpc) is 2.54. The lowest BCUT2D eigenvalue weighted by Gasteiger charge is -2.55. The van der Waals surface area contributed by atoms with E-state index in [1.165, 1.54) is 0 Å². The molecule has 1 fully saturated rings. The van der Waals surface area contributed by atoms with Crippen molar-refractivity contribution in [1.82, 2.24) is 5.06 Å². The summed E-state index contributed by atoms with van der Waals surface area (Å²) in [5.41, 5.74) is -1.60. The lowest BCUT2D eigenvalue weighted by molar-refractivity contribution is -0.544. The molecule has 0 saturated carbocycles. The van der Waals surface area contributed by atoms with Gasteiger partial charge in [0.25, 0.3) is 0 Å². The fraction of sp³-hybridized carbons (Fsp3) is 0.812. The summed E-state index contributed by atoms with van der Waals surface area (Å²) >= 11 is 0. The first kappa shape index (κ1) is 18.4. The second kappa shape index (κ2) is 7.27. The van der Waals surface area contributed by atoms with Gasteiger partial charge >= 0.3 is 0 Å². The molecule has 0 aromatic carbocycles. The highest BCUT2D eigenvalue weighted by Gasteiger charge is 2.60. The van der Waals surface area contributed by atoms with Crippen LogP contribution >= 0.6 is 0 Å². The Bertz CT molecular complexity index is 456. The predicted octanol–water partition coefficient (Wildman–Crippen LogP) is 2.40. The van der Waals surface area contributed by atoms with Crippen molar-refractivity contribution in [3.05, 3.63) is 12.2 Å². The molecule has 1 unspecified atom stereocenters. The lowest BCUT2D eigenvalue weighted by atomic mass is 9.65. The number of ether oxygens (including phenoxy) is 1. The molecule has 1 amide bonds. The molecule has 1 heterocycles. The van der Waals surface area contributed by atoms with E-state index in [0.29, 0.717) is 13.2 Å². The summed E-state index contributed by atoms with van der Waals surface area (Å²) < 4.78 is 5.97. The van der Waals surface area contributed by atoms with Gasteiger partial charge in [-0.05, 0) is 25.8 Å². The first-order chi connectivity index (χ1) is 10.9. The number of nitrogens with zero attached hydrogens (tertiary/aromatic N) is 1. The van der Waals surface area contributed by atoms with Crippen molar-refractivity contribution in [3.63, 3.8) is 0 Å². The fourth-order valence-corrected chi connectivity index (χ4v) is 3.18. The van der Waals surface area contributed by atoms with Crippen molar-refractivity contribution in [3.8, 4) is 0 Å². The highest BCUT2D eigenvalue weighted by molar-refractivity contribution is 5.85. The van der Waals surface area contributed by atoms with E-state index in [1.807, 2.05) is 27.7 Å². The molecule has 7 nitrogen and oxygen atoms in total. The molecule has 1 aliphatic heterocycles. The van der Waals surface area contributed by atoms with Gasteiger partial charge in [0.1, 0.15) is 11.1 Å². The molecule has 0 bridgehead atoms. The zero-order valence-corrected chi connectivity index (χ0v) is 14.3. The third-order valence-electron chi connectivity index (χ3n) is 4.63. The van der Waals surface area contributed by atoms with Gasteiger partial charge in [0, 0.05) is 12.5 Å². The van der Waals surface area contributed by atoms with Crippen molar-refractivity contribution in [2.45, 2.75) is 64.2 Å². The minimum absolute atomic E-state index is 0.165. The van der Waals surface area contributed by atoms with Gasteiger partial charge in [-0.15, -0.1) is 0 Å². The lowest BCUT2D eigenvalue weighted by Crippen LogP contribution is -2.70. The maximum absolute atomic E-state index is 11.5. The van der Waals surface area contributed by atoms with E-state index in [-0.39, 0.29) is 24.3 Å². The molecule has 0 radical (unpaired) electrons. The second-order valence-corrected chi connectivity index (χ2v) is 6.44. The highest BCUT2D eigenvalue weighted by atomic mass is 17.5. The predicted molar refractivity (Wildman–Crippen MR) is 81.1 cm³/mol. The largest absolute Gasteiger partial charge is 0.374 e. The number of carbonyl (C=O) groups excluding carboxylic acids is 1. The Morgan fingerprint density at radius 1 is 1.30 bits per heavy atom. The van der Waals surface area contributed by atoms with Crippen LogP contribution in [0.3, 0.4) is 0 Å². The van der Waals surface area contributed by atoms with E-state index < -0.39 is 11.1 Å². The summed E-state index contributed by atoms with van der Waals surface area (Å²) in [7, 11) is 0. The number of hydroxylamine groups is 2. The first-order valence-electron chi connectivity index (χ1n) is 8.22. The molecule has 1 saturated heterocycles. The van der Waals surface area contributed by atoms with Crippen LogP contribution in [-0.4, -0.2) is 46.6 Å². The Hall–Kier alpha value is -0.990. The van der Waals surface area contributed by atoms with Crippen LogP contribution in [0.15, 0.2) is 12.2 Å². The maximum atomic E-state index is 11.5. The van der Waals surface area contributed by atoms with Gasteiger partial charge < -0.3 is 4.74 Å². The van der Waals surface area contributed by atoms with Crippen molar-refractivity contribution in [1.29, 1.82) is 0 Å². The van der Waals surface area contributed by atoms with E-state index in [9.17, 15) is 10.0 Å². The molecular formula is C16H27NO6. The molecule has 2 rings (SSSR count). The van der Waals surface area contributed by atoms with E-state index in [4.69, 9.17) is 19.6 Å². The smallest absolute Gasteiger partial charge is 0.249 e. The third kappa shape index (κ3) is 3.29. The Labute approximate surface area is 136 Å². The summed E-state index contributed by atoms with van der Waals surface area (Å²) in [5, 5.41) is 15.7. The number of hydrogen-bond donors (Lipinski definition) is 1. The van der Waals surface area contributed by atoms with Gasteiger partial charge in [-0.1, -0.05) is 31.9 Å². The minimum atomic E-state index is -0.868. The van der Waals surface area contributed by atoms with Crippen LogP contribution in [0.5, 0.6) is 0 Å². The number of carbonyl (C=O) groups is 1. The van der Waals surface area contributed by atoms with Crippen LogP contribution in [0.2, 0.25) is 0 Å². The maximum Gasteiger partial charge on any atom is 0.249 e. The average molecular weight is 329 g/mol. The molecule has 4 atom stereocenters. The minimum Gasteiger partial charge on any atom is -0.374 e. The van der Waals surface area contributed by atoms with Crippen molar-refractivity contribution >= 4 is 5.91 Å². The van der Waals surface area contributed by atoms with Crippen LogP contribution in [0, 0.1) is 5.92 Å². The molecule has 1 aliphatic carbocycles. The summed E-state index contributed by atoms with van der Waals surface area (Å²) in [6, 6.07) is 0. The summed E-state index contributed by atoms with van der Waals surface area (Å²) in [4.78, 5) is 21.9. The topological polar surface area (TPSA) is 77.5 Å². The zero-order chi connectivity index (χ0) is 17.1. The van der Waals surface area contributed by atoms with Gasteiger partial charge in [-0.2, -0.15) is 4.89 Å². The monoisotopic (exact) mass is 329 g/mol. The Balaban J connectivity index is 2.16. The standard InChI is InChI=1S/C16H27NO6/c1-5-9-20-14-12(3)16(11-13(18)17(16)19)8-7-15(14,4)22-23-21-10-6-2/h7-8,12,14,19H,5-6,9-11H2,1-4H3/t12-,14+,15+,16?/m1/s1. The van der Waals surface area contributed by atoms with E-state index >= 15 is 0 Å². The third-order valence-corrected chi connectivity index (χ3v) is 4.63. The Kier molecular flexibility index (Phi) is 5.80. The zero-order valence-electron chi connectivity index (χ0n) is 14.3. The normalized spacial score (nSPS) is 36.6. The first-order valence-corrected chi connectivity index (χ1v) is 8.22. The summed E-state index contributed by atoms with van der Waals surface area (Å²) in [5.74, 6) is -0.454. The highest BCUT2D eigenvalue weighted by Crippen LogP contribution is 2.47. The van der Waals surface area contributed by atoms with Crippen molar-refractivity contribution in [2.75, 3.05) is 13.2 Å². The van der Waals surface area contributed by atoms with Gasteiger partial charge in [0.15, 0.2) is 0 Å². The van der Waals surface area contributed by atoms with Crippen LogP contribution in [0.25, 0.3) is 0 Å². The van der Waals surface area contributed by atoms with Gasteiger partial charge in [-0.3, -0.25) is 10.0 Å². The molecule has 7 heteroatoms. The van der Waals surface area contributed by atoms with Gasteiger partial charge in [0.2, 0.25) is 5.91 Å². The molecule has 1 N–H and O–H groups in total. The fourth-order valence-electron chi connectivity index (χ4n) is 3.18. The SMILES string of the molecule is CCCOOO[C@@]1(C)C=CC2(CC(=O)N2O)[C@H](C)[C@@H]1OCCC. The van der Waals surface area contributed by atoms with Crippen LogP contribution in [0.1, 0.15) is 47.0 Å². The quantitative estimate of drug-likeness (QED) is 0.184. The number of hydrogen-bond acceptors (Lipinski definition) is 6. The summed E-state index contributed by atoms with van der Waals surface area (Å²) in [6.45, 7) is 8.74.